The van der Waals surface area contributed by atoms with Crippen LogP contribution in [0.15, 0.2) is 12.1 Å². The zero-order chi connectivity index (χ0) is 15.7. The van der Waals surface area contributed by atoms with Crippen LogP contribution in [0, 0.1) is 0 Å². The second kappa shape index (κ2) is 6.47. The molecule has 0 aliphatic carbocycles. The summed E-state index contributed by atoms with van der Waals surface area (Å²) in [6.07, 6.45) is 1.12. The average molecular weight is 363 g/mol. The molecule has 1 aromatic rings. The summed E-state index contributed by atoms with van der Waals surface area (Å²) >= 11 is 7.32. The Bertz CT molecular complexity index is 651. The third-order valence-electron chi connectivity index (χ3n) is 4.35. The van der Waals surface area contributed by atoms with Crippen molar-refractivity contribution >= 4 is 38.7 Å². The van der Waals surface area contributed by atoms with Gasteiger partial charge in [0.05, 0.1) is 22.3 Å². The number of amides is 1. The van der Waals surface area contributed by atoms with Crippen LogP contribution in [0.3, 0.4) is 0 Å². The first-order valence-electron chi connectivity index (χ1n) is 7.39. The van der Waals surface area contributed by atoms with Crippen molar-refractivity contribution in [3.8, 4) is 0 Å². The smallest absolute Gasteiger partial charge is 0.227 e. The average Bonchev–Trinajstić information content (AvgIpc) is 3.04. The summed E-state index contributed by atoms with van der Waals surface area (Å²) in [6.45, 7) is 2.87. The molecule has 0 aromatic carbocycles. The Balaban J connectivity index is 1.50. The molecule has 0 spiro atoms. The van der Waals surface area contributed by atoms with Gasteiger partial charge in [0.25, 0.3) is 0 Å². The number of nitrogens with zero attached hydrogens (tertiary/aromatic N) is 2. The maximum Gasteiger partial charge on any atom is 0.227 e. The monoisotopic (exact) mass is 362 g/mol. The molecule has 0 bridgehead atoms. The lowest BCUT2D eigenvalue weighted by atomic mass is 10.2. The number of carbonyl (C=O) groups is 1. The topological polar surface area (TPSA) is 57.7 Å². The van der Waals surface area contributed by atoms with Crippen LogP contribution in [0.5, 0.6) is 0 Å². The van der Waals surface area contributed by atoms with Gasteiger partial charge in [0.1, 0.15) is 0 Å². The second-order valence-corrected chi connectivity index (χ2v) is 9.88. The van der Waals surface area contributed by atoms with Crippen LogP contribution in [-0.4, -0.2) is 67.9 Å². The molecule has 0 N–H and O–H groups in total. The van der Waals surface area contributed by atoms with Gasteiger partial charge in [0.2, 0.25) is 5.91 Å². The van der Waals surface area contributed by atoms with Gasteiger partial charge in [-0.2, -0.15) is 0 Å². The summed E-state index contributed by atoms with van der Waals surface area (Å²) in [7, 11) is -2.85. The van der Waals surface area contributed by atoms with E-state index < -0.39 is 9.84 Å². The van der Waals surface area contributed by atoms with Crippen molar-refractivity contribution in [1.29, 1.82) is 0 Å². The highest BCUT2D eigenvalue weighted by Crippen LogP contribution is 2.23. The van der Waals surface area contributed by atoms with E-state index in [1.807, 2.05) is 17.0 Å². The fourth-order valence-corrected chi connectivity index (χ4v) is 5.95. The molecule has 2 fully saturated rings. The first-order chi connectivity index (χ1) is 10.4. The predicted molar refractivity (Wildman–Crippen MR) is 88.2 cm³/mol. The van der Waals surface area contributed by atoms with Crippen LogP contribution in [-0.2, 0) is 21.1 Å². The molecule has 3 rings (SSSR count). The van der Waals surface area contributed by atoms with E-state index in [1.54, 1.807) is 0 Å². The Morgan fingerprint density at radius 1 is 1.27 bits per heavy atom. The number of piperazine rings is 1. The van der Waals surface area contributed by atoms with E-state index in [4.69, 9.17) is 11.6 Å². The molecule has 22 heavy (non-hydrogen) atoms. The fourth-order valence-electron chi connectivity index (χ4n) is 3.11. The van der Waals surface area contributed by atoms with E-state index in [0.29, 0.717) is 29.6 Å². The lowest BCUT2D eigenvalue weighted by Crippen LogP contribution is -2.52. The Morgan fingerprint density at radius 2 is 2.00 bits per heavy atom. The largest absolute Gasteiger partial charge is 0.340 e. The maximum absolute atomic E-state index is 12.3. The number of halogens is 1. The zero-order valence-corrected chi connectivity index (χ0v) is 14.6. The molecule has 2 aliphatic heterocycles. The summed E-state index contributed by atoms with van der Waals surface area (Å²) in [5.74, 6) is 0.696. The molecule has 1 atom stereocenters. The first kappa shape index (κ1) is 16.2. The molecule has 122 valence electrons. The standard InChI is InChI=1S/C14H19ClN2O3S2/c15-13-2-1-12(21-13)9-14(18)17-6-4-16(5-7-17)11-3-8-22(19,20)10-11/h1-2,11H,3-10H2. The van der Waals surface area contributed by atoms with Gasteiger partial charge in [0, 0.05) is 37.1 Å². The summed E-state index contributed by atoms with van der Waals surface area (Å²) in [5, 5.41) is 0. The zero-order valence-electron chi connectivity index (χ0n) is 12.2. The lowest BCUT2D eigenvalue weighted by Gasteiger charge is -2.37. The quantitative estimate of drug-likeness (QED) is 0.812. The van der Waals surface area contributed by atoms with Gasteiger partial charge >= 0.3 is 0 Å². The Hall–Kier alpha value is -0.630. The van der Waals surface area contributed by atoms with E-state index in [2.05, 4.69) is 4.90 Å². The van der Waals surface area contributed by atoms with Gasteiger partial charge < -0.3 is 4.90 Å². The molecule has 1 unspecified atom stereocenters. The van der Waals surface area contributed by atoms with Crippen molar-refractivity contribution in [2.45, 2.75) is 18.9 Å². The third-order valence-corrected chi connectivity index (χ3v) is 7.33. The van der Waals surface area contributed by atoms with Crippen molar-refractivity contribution in [1.82, 2.24) is 9.80 Å². The van der Waals surface area contributed by atoms with E-state index in [1.165, 1.54) is 11.3 Å². The highest BCUT2D eigenvalue weighted by atomic mass is 35.5. The van der Waals surface area contributed by atoms with Crippen molar-refractivity contribution < 1.29 is 13.2 Å². The molecule has 8 heteroatoms. The molecule has 1 aromatic heterocycles. The maximum atomic E-state index is 12.3. The van der Waals surface area contributed by atoms with Crippen LogP contribution >= 0.6 is 22.9 Å². The summed E-state index contributed by atoms with van der Waals surface area (Å²) in [5.41, 5.74) is 0. The summed E-state index contributed by atoms with van der Waals surface area (Å²) < 4.78 is 23.8. The van der Waals surface area contributed by atoms with Crippen molar-refractivity contribution in [2.75, 3.05) is 37.7 Å². The SMILES string of the molecule is O=C(Cc1ccc(Cl)s1)N1CCN(C2CCS(=O)(=O)C2)CC1. The van der Waals surface area contributed by atoms with Gasteiger partial charge in [-0.05, 0) is 18.6 Å². The number of thiophene rings is 1. The number of carbonyl (C=O) groups excluding carboxylic acids is 1. The fraction of sp³-hybridized carbons (Fsp3) is 0.643. The van der Waals surface area contributed by atoms with E-state index in [9.17, 15) is 13.2 Å². The minimum Gasteiger partial charge on any atom is -0.340 e. The Labute approximate surface area is 139 Å². The molecule has 0 radical (unpaired) electrons. The lowest BCUT2D eigenvalue weighted by molar-refractivity contribution is -0.132. The first-order valence-corrected chi connectivity index (χ1v) is 10.4. The number of hydrogen-bond donors (Lipinski definition) is 0. The minimum absolute atomic E-state index is 0.122. The molecule has 2 saturated heterocycles. The predicted octanol–water partition coefficient (Wildman–Crippen LogP) is 1.28. The van der Waals surface area contributed by atoms with Crippen LogP contribution in [0.25, 0.3) is 0 Å². The van der Waals surface area contributed by atoms with Crippen LogP contribution in [0.1, 0.15) is 11.3 Å². The summed E-state index contributed by atoms with van der Waals surface area (Å²) in [6, 6.07) is 3.84. The Kier molecular flexibility index (Phi) is 4.77. The van der Waals surface area contributed by atoms with Gasteiger partial charge in [-0.1, -0.05) is 11.6 Å². The summed E-state index contributed by atoms with van der Waals surface area (Å²) in [4.78, 5) is 17.4. The minimum atomic E-state index is -2.85. The van der Waals surface area contributed by atoms with Crippen LogP contribution in [0.2, 0.25) is 4.34 Å². The molecular formula is C14H19ClN2O3S2. The van der Waals surface area contributed by atoms with Crippen molar-refractivity contribution in [3.05, 3.63) is 21.3 Å². The van der Waals surface area contributed by atoms with Gasteiger partial charge in [-0.25, -0.2) is 8.42 Å². The van der Waals surface area contributed by atoms with Crippen molar-refractivity contribution in [2.24, 2.45) is 0 Å². The van der Waals surface area contributed by atoms with E-state index >= 15 is 0 Å². The van der Waals surface area contributed by atoms with E-state index in [0.717, 1.165) is 24.4 Å². The molecule has 1 amide bonds. The highest BCUT2D eigenvalue weighted by molar-refractivity contribution is 7.91. The normalized spacial score (nSPS) is 25.5. The van der Waals surface area contributed by atoms with Gasteiger partial charge in [-0.3, -0.25) is 9.69 Å². The molecule has 3 heterocycles. The second-order valence-electron chi connectivity index (χ2n) is 5.86. The Morgan fingerprint density at radius 3 is 2.55 bits per heavy atom. The van der Waals surface area contributed by atoms with Crippen LogP contribution in [0.4, 0.5) is 0 Å². The number of hydrogen-bond acceptors (Lipinski definition) is 5. The molecule has 0 saturated carbocycles. The highest BCUT2D eigenvalue weighted by Gasteiger charge is 2.34. The van der Waals surface area contributed by atoms with E-state index in [-0.39, 0.29) is 17.7 Å². The molecular weight excluding hydrogens is 344 g/mol. The van der Waals surface area contributed by atoms with Crippen molar-refractivity contribution in [3.63, 3.8) is 0 Å². The number of sulfone groups is 1. The van der Waals surface area contributed by atoms with Gasteiger partial charge in [-0.15, -0.1) is 11.3 Å². The van der Waals surface area contributed by atoms with Crippen LogP contribution < -0.4 is 0 Å². The third kappa shape index (κ3) is 3.82. The number of rotatable bonds is 3. The molecule has 2 aliphatic rings. The molecule has 5 nitrogen and oxygen atoms in total. The van der Waals surface area contributed by atoms with Gasteiger partial charge in [0.15, 0.2) is 9.84 Å².